The fourth-order valence-corrected chi connectivity index (χ4v) is 4.50. The number of hydrogen-bond donors (Lipinski definition) is 2. The summed E-state index contributed by atoms with van der Waals surface area (Å²) in [5.74, 6) is -2.90. The highest BCUT2D eigenvalue weighted by Gasteiger charge is 2.43. The summed E-state index contributed by atoms with van der Waals surface area (Å²) in [6, 6.07) is 24.0. The molecule has 1 unspecified atom stereocenters. The van der Waals surface area contributed by atoms with Gasteiger partial charge in [0, 0.05) is 5.56 Å². The third-order valence-electron chi connectivity index (χ3n) is 6.34. The van der Waals surface area contributed by atoms with E-state index in [0.29, 0.717) is 16.9 Å². The number of carbonyl (C=O) groups is 3. The van der Waals surface area contributed by atoms with Crippen molar-refractivity contribution < 1.29 is 28.6 Å². The van der Waals surface area contributed by atoms with Crippen molar-refractivity contribution in [2.24, 2.45) is 5.73 Å². The van der Waals surface area contributed by atoms with E-state index in [1.807, 2.05) is 0 Å². The first-order chi connectivity index (χ1) is 19.4. The smallest absolute Gasteiger partial charge is 0.355 e. The van der Waals surface area contributed by atoms with Gasteiger partial charge in [-0.2, -0.15) is 5.26 Å². The van der Waals surface area contributed by atoms with Gasteiger partial charge in [-0.05, 0) is 35.9 Å². The van der Waals surface area contributed by atoms with E-state index in [9.17, 15) is 19.6 Å². The number of nitrogens with one attached hydrogen (secondary N) is 1. The van der Waals surface area contributed by atoms with Gasteiger partial charge in [0.2, 0.25) is 0 Å². The van der Waals surface area contributed by atoms with Crippen LogP contribution in [-0.4, -0.2) is 39.2 Å². The number of benzene rings is 3. The third kappa shape index (κ3) is 5.08. The van der Waals surface area contributed by atoms with Crippen LogP contribution in [0.4, 0.5) is 11.4 Å². The van der Waals surface area contributed by atoms with E-state index < -0.39 is 23.8 Å². The largest absolute Gasteiger partial charge is 0.495 e. The van der Waals surface area contributed by atoms with E-state index in [4.69, 9.17) is 19.9 Å². The second-order valence-electron chi connectivity index (χ2n) is 8.54. The molecule has 1 atom stereocenters. The average molecular weight is 539 g/mol. The SMILES string of the molecule is COC(=O)C1=C(C(=O)OC)N(c2ccc(OC)c(NC(=O)c3ccccc3)c2)C(N)=C(C#N)C1c1ccccc1. The van der Waals surface area contributed by atoms with E-state index in [1.54, 1.807) is 72.8 Å². The Morgan fingerprint density at radius 2 is 1.52 bits per heavy atom. The van der Waals surface area contributed by atoms with Crippen molar-refractivity contribution in [1.29, 1.82) is 5.26 Å². The van der Waals surface area contributed by atoms with E-state index in [2.05, 4.69) is 11.4 Å². The lowest BCUT2D eigenvalue weighted by molar-refractivity contribution is -0.139. The number of esters is 2. The van der Waals surface area contributed by atoms with Gasteiger partial charge in [-0.3, -0.25) is 9.69 Å². The summed E-state index contributed by atoms with van der Waals surface area (Å²) in [6.07, 6.45) is 0. The predicted molar refractivity (Wildman–Crippen MR) is 147 cm³/mol. The number of carbonyl (C=O) groups excluding carboxylic acids is 3. The van der Waals surface area contributed by atoms with Gasteiger partial charge in [0.05, 0.1) is 55.8 Å². The number of nitrogens with zero attached hydrogens (tertiary/aromatic N) is 2. The zero-order valence-electron chi connectivity index (χ0n) is 22.0. The molecule has 0 saturated carbocycles. The Labute approximate surface area is 230 Å². The topological polar surface area (TPSA) is 144 Å². The molecule has 202 valence electrons. The molecule has 40 heavy (non-hydrogen) atoms. The highest BCUT2D eigenvalue weighted by atomic mass is 16.5. The Hall–Kier alpha value is -5.56. The van der Waals surface area contributed by atoms with E-state index in [0.717, 1.165) is 0 Å². The summed E-state index contributed by atoms with van der Waals surface area (Å²) in [6.45, 7) is 0. The summed E-state index contributed by atoms with van der Waals surface area (Å²) >= 11 is 0. The summed E-state index contributed by atoms with van der Waals surface area (Å²) in [5, 5.41) is 13.0. The van der Waals surface area contributed by atoms with Crippen molar-refractivity contribution in [3.63, 3.8) is 0 Å². The monoisotopic (exact) mass is 538 g/mol. The van der Waals surface area contributed by atoms with E-state index in [1.165, 1.54) is 32.3 Å². The Morgan fingerprint density at radius 3 is 2.10 bits per heavy atom. The fraction of sp³-hybridized carbons (Fsp3) is 0.133. The Bertz CT molecular complexity index is 1560. The molecule has 1 amide bonds. The second kappa shape index (κ2) is 11.9. The normalized spacial score (nSPS) is 14.8. The quantitative estimate of drug-likeness (QED) is 0.429. The molecule has 0 radical (unpaired) electrons. The molecule has 3 aromatic rings. The molecule has 0 saturated heterocycles. The van der Waals surface area contributed by atoms with Crippen LogP contribution in [0.3, 0.4) is 0 Å². The van der Waals surface area contributed by atoms with Crippen LogP contribution in [0.5, 0.6) is 5.75 Å². The maximum absolute atomic E-state index is 13.3. The molecular weight excluding hydrogens is 512 g/mol. The van der Waals surface area contributed by atoms with Gasteiger partial charge < -0.3 is 25.3 Å². The molecule has 10 nitrogen and oxygen atoms in total. The number of nitriles is 1. The molecule has 0 fully saturated rings. The Kier molecular flexibility index (Phi) is 8.16. The summed E-state index contributed by atoms with van der Waals surface area (Å²) < 4.78 is 15.6. The number of allylic oxidation sites excluding steroid dienone is 1. The summed E-state index contributed by atoms with van der Waals surface area (Å²) in [7, 11) is 3.78. The van der Waals surface area contributed by atoms with Gasteiger partial charge in [0.15, 0.2) is 0 Å². The predicted octanol–water partition coefficient (Wildman–Crippen LogP) is 3.85. The lowest BCUT2D eigenvalue weighted by atomic mass is 9.81. The third-order valence-corrected chi connectivity index (χ3v) is 6.34. The van der Waals surface area contributed by atoms with Crippen molar-refractivity contribution in [3.05, 3.63) is 113 Å². The van der Waals surface area contributed by atoms with Crippen LogP contribution >= 0.6 is 0 Å². The van der Waals surface area contributed by atoms with Crippen molar-refractivity contribution in [1.82, 2.24) is 0 Å². The number of ether oxygens (including phenoxy) is 3. The lowest BCUT2D eigenvalue weighted by Gasteiger charge is -2.36. The molecular formula is C30H26N4O6. The maximum Gasteiger partial charge on any atom is 0.355 e. The standard InChI is InChI=1S/C30H26N4O6/c1-38-23-15-14-20(16-22(23)33-28(35)19-12-8-5-9-13-19)34-26(30(37)40-3)25(29(36)39-2)24(21(17-31)27(34)32)18-10-6-4-7-11-18/h4-16,24H,32H2,1-3H3,(H,33,35). The molecule has 4 rings (SSSR count). The molecule has 10 heteroatoms. The van der Waals surface area contributed by atoms with Crippen LogP contribution in [0, 0.1) is 11.3 Å². The zero-order chi connectivity index (χ0) is 28.8. The Balaban J connectivity index is 1.95. The summed E-state index contributed by atoms with van der Waals surface area (Å²) in [4.78, 5) is 40.7. The van der Waals surface area contributed by atoms with Crippen LogP contribution in [-0.2, 0) is 19.1 Å². The average Bonchev–Trinajstić information content (AvgIpc) is 3.00. The number of methoxy groups -OCH3 is 3. The maximum atomic E-state index is 13.3. The van der Waals surface area contributed by atoms with Crippen LogP contribution in [0.1, 0.15) is 21.8 Å². The molecule has 0 aromatic heterocycles. The van der Waals surface area contributed by atoms with Crippen LogP contribution in [0.15, 0.2) is 102 Å². The van der Waals surface area contributed by atoms with Crippen molar-refractivity contribution in [3.8, 4) is 11.8 Å². The molecule has 1 heterocycles. The molecule has 1 aliphatic heterocycles. The fourth-order valence-electron chi connectivity index (χ4n) is 4.50. The first-order valence-corrected chi connectivity index (χ1v) is 12.1. The minimum absolute atomic E-state index is 0.0185. The molecule has 1 aliphatic rings. The number of anilines is 2. The summed E-state index contributed by atoms with van der Waals surface area (Å²) in [5.41, 5.74) is 7.69. The minimum Gasteiger partial charge on any atom is -0.495 e. The van der Waals surface area contributed by atoms with Gasteiger partial charge in [0.1, 0.15) is 17.3 Å². The van der Waals surface area contributed by atoms with Gasteiger partial charge in [-0.15, -0.1) is 0 Å². The molecule has 0 spiro atoms. The first kappa shape index (κ1) is 27.5. The number of nitrogens with two attached hydrogens (primary N) is 1. The van der Waals surface area contributed by atoms with Crippen molar-refractivity contribution in [2.45, 2.75) is 5.92 Å². The van der Waals surface area contributed by atoms with E-state index in [-0.39, 0.29) is 34.0 Å². The highest BCUT2D eigenvalue weighted by molar-refractivity contribution is 6.07. The van der Waals surface area contributed by atoms with Crippen molar-refractivity contribution in [2.75, 3.05) is 31.5 Å². The number of hydrogen-bond acceptors (Lipinski definition) is 9. The van der Waals surface area contributed by atoms with Crippen LogP contribution in [0.25, 0.3) is 0 Å². The van der Waals surface area contributed by atoms with Gasteiger partial charge in [-0.1, -0.05) is 48.5 Å². The van der Waals surface area contributed by atoms with Gasteiger partial charge in [-0.25, -0.2) is 9.59 Å². The van der Waals surface area contributed by atoms with Gasteiger partial charge >= 0.3 is 11.9 Å². The van der Waals surface area contributed by atoms with Crippen LogP contribution in [0.2, 0.25) is 0 Å². The van der Waals surface area contributed by atoms with Gasteiger partial charge in [0.25, 0.3) is 5.91 Å². The number of rotatable bonds is 7. The van der Waals surface area contributed by atoms with Crippen molar-refractivity contribution >= 4 is 29.2 Å². The number of amides is 1. The first-order valence-electron chi connectivity index (χ1n) is 12.1. The Morgan fingerprint density at radius 1 is 0.900 bits per heavy atom. The molecule has 0 aliphatic carbocycles. The lowest BCUT2D eigenvalue weighted by Crippen LogP contribution is -2.40. The minimum atomic E-state index is -1.00. The van der Waals surface area contributed by atoms with E-state index >= 15 is 0 Å². The second-order valence-corrected chi connectivity index (χ2v) is 8.54. The zero-order valence-corrected chi connectivity index (χ0v) is 22.0. The van der Waals surface area contributed by atoms with Crippen LogP contribution < -0.4 is 20.7 Å². The highest BCUT2D eigenvalue weighted by Crippen LogP contribution is 2.44. The molecule has 3 aromatic carbocycles. The molecule has 0 bridgehead atoms. The molecule has 3 N–H and O–H groups in total.